The van der Waals surface area contributed by atoms with E-state index in [0.717, 1.165) is 5.56 Å². The van der Waals surface area contributed by atoms with Gasteiger partial charge in [0.05, 0.1) is 13.0 Å². The number of amides is 1. The number of aliphatic carboxylic acids is 1. The van der Waals surface area contributed by atoms with Crippen LogP contribution >= 0.6 is 11.6 Å². The SMILES string of the molecule is CCN(CC(=O)Nc1cc(Cl)ccc1C)C(C)CC(=O)O. The Labute approximate surface area is 129 Å². The van der Waals surface area contributed by atoms with E-state index in [9.17, 15) is 9.59 Å². The summed E-state index contributed by atoms with van der Waals surface area (Å²) in [7, 11) is 0. The second-order valence-electron chi connectivity index (χ2n) is 5.02. The lowest BCUT2D eigenvalue weighted by Gasteiger charge is -2.26. The van der Waals surface area contributed by atoms with Gasteiger partial charge in [0.2, 0.25) is 5.91 Å². The van der Waals surface area contributed by atoms with Crippen molar-refractivity contribution in [3.8, 4) is 0 Å². The fourth-order valence-corrected chi connectivity index (χ4v) is 2.24. The summed E-state index contributed by atoms with van der Waals surface area (Å²) >= 11 is 5.91. The van der Waals surface area contributed by atoms with E-state index in [1.54, 1.807) is 19.1 Å². The Morgan fingerprint density at radius 1 is 1.43 bits per heavy atom. The van der Waals surface area contributed by atoms with Crippen LogP contribution in [-0.4, -0.2) is 41.0 Å². The van der Waals surface area contributed by atoms with Crippen molar-refractivity contribution >= 4 is 29.2 Å². The van der Waals surface area contributed by atoms with Crippen molar-refractivity contribution in [2.45, 2.75) is 33.2 Å². The van der Waals surface area contributed by atoms with Gasteiger partial charge in [0.1, 0.15) is 0 Å². The molecule has 116 valence electrons. The first-order valence-electron chi connectivity index (χ1n) is 6.85. The van der Waals surface area contributed by atoms with Gasteiger partial charge in [-0.25, -0.2) is 0 Å². The third kappa shape index (κ3) is 5.73. The molecule has 21 heavy (non-hydrogen) atoms. The van der Waals surface area contributed by atoms with Gasteiger partial charge in [0.15, 0.2) is 0 Å². The highest BCUT2D eigenvalue weighted by molar-refractivity contribution is 6.31. The molecule has 0 bridgehead atoms. The van der Waals surface area contributed by atoms with Crippen LogP contribution in [0.4, 0.5) is 5.69 Å². The number of carbonyl (C=O) groups excluding carboxylic acids is 1. The van der Waals surface area contributed by atoms with Crippen molar-refractivity contribution < 1.29 is 14.7 Å². The number of benzene rings is 1. The largest absolute Gasteiger partial charge is 0.481 e. The molecule has 6 heteroatoms. The fraction of sp³-hybridized carbons (Fsp3) is 0.467. The zero-order valence-electron chi connectivity index (χ0n) is 12.5. The predicted octanol–water partition coefficient (Wildman–Crippen LogP) is 2.77. The number of nitrogens with one attached hydrogen (secondary N) is 1. The minimum atomic E-state index is -0.868. The van der Waals surface area contributed by atoms with Gasteiger partial charge >= 0.3 is 5.97 Å². The molecule has 0 aromatic heterocycles. The van der Waals surface area contributed by atoms with Crippen LogP contribution in [0.1, 0.15) is 25.8 Å². The third-order valence-corrected chi connectivity index (χ3v) is 3.56. The Bertz CT molecular complexity index is 520. The van der Waals surface area contributed by atoms with Gasteiger partial charge in [0, 0.05) is 16.8 Å². The standard InChI is InChI=1S/C15H21ClN2O3/c1-4-18(11(3)7-15(20)21)9-14(19)17-13-8-12(16)6-5-10(13)2/h5-6,8,11H,4,7,9H2,1-3H3,(H,17,19)(H,20,21). The summed E-state index contributed by atoms with van der Waals surface area (Å²) < 4.78 is 0. The number of anilines is 1. The number of hydrogen-bond acceptors (Lipinski definition) is 3. The quantitative estimate of drug-likeness (QED) is 0.812. The van der Waals surface area contributed by atoms with E-state index in [1.807, 2.05) is 24.8 Å². The van der Waals surface area contributed by atoms with Gasteiger partial charge in [-0.2, -0.15) is 0 Å². The maximum atomic E-state index is 12.1. The number of likely N-dealkylation sites (N-methyl/N-ethyl adjacent to an activating group) is 1. The van der Waals surface area contributed by atoms with Crippen molar-refractivity contribution in [3.63, 3.8) is 0 Å². The minimum Gasteiger partial charge on any atom is -0.481 e. The molecule has 0 aliphatic rings. The summed E-state index contributed by atoms with van der Waals surface area (Å²) in [5, 5.41) is 12.2. The van der Waals surface area contributed by atoms with Crippen molar-refractivity contribution in [1.29, 1.82) is 0 Å². The Kier molecular flexibility index (Phi) is 6.65. The highest BCUT2D eigenvalue weighted by Gasteiger charge is 2.18. The third-order valence-electron chi connectivity index (χ3n) is 3.32. The van der Waals surface area contributed by atoms with Gasteiger partial charge < -0.3 is 10.4 Å². The molecule has 0 heterocycles. The van der Waals surface area contributed by atoms with Crippen LogP contribution in [0.2, 0.25) is 5.02 Å². The maximum Gasteiger partial charge on any atom is 0.304 e. The topological polar surface area (TPSA) is 69.6 Å². The number of nitrogens with zero attached hydrogens (tertiary/aromatic N) is 1. The molecule has 0 aliphatic carbocycles. The first-order chi connectivity index (χ1) is 9.83. The average molecular weight is 313 g/mol. The highest BCUT2D eigenvalue weighted by atomic mass is 35.5. The Hall–Kier alpha value is -1.59. The van der Waals surface area contributed by atoms with E-state index >= 15 is 0 Å². The monoisotopic (exact) mass is 312 g/mol. The number of halogens is 1. The lowest BCUT2D eigenvalue weighted by molar-refractivity contribution is -0.138. The normalized spacial score (nSPS) is 12.2. The molecule has 1 aromatic rings. The molecule has 2 N–H and O–H groups in total. The number of rotatable bonds is 7. The molecule has 1 unspecified atom stereocenters. The first-order valence-corrected chi connectivity index (χ1v) is 7.23. The lowest BCUT2D eigenvalue weighted by atomic mass is 10.2. The number of aryl methyl sites for hydroxylation is 1. The van der Waals surface area contributed by atoms with Gasteiger partial charge in [-0.05, 0) is 38.1 Å². The van der Waals surface area contributed by atoms with Gasteiger partial charge in [-0.3, -0.25) is 14.5 Å². The molecule has 1 aromatic carbocycles. The Morgan fingerprint density at radius 2 is 2.10 bits per heavy atom. The van der Waals surface area contributed by atoms with Crippen molar-refractivity contribution in [1.82, 2.24) is 4.90 Å². The highest BCUT2D eigenvalue weighted by Crippen LogP contribution is 2.20. The van der Waals surface area contributed by atoms with Crippen molar-refractivity contribution in [2.75, 3.05) is 18.4 Å². The second kappa shape index (κ2) is 8.00. The van der Waals surface area contributed by atoms with Crippen LogP contribution < -0.4 is 5.32 Å². The van der Waals surface area contributed by atoms with E-state index < -0.39 is 5.97 Å². The molecular weight excluding hydrogens is 292 g/mol. The summed E-state index contributed by atoms with van der Waals surface area (Å²) in [5.74, 6) is -1.05. The van der Waals surface area contributed by atoms with Gasteiger partial charge in [-0.15, -0.1) is 0 Å². The summed E-state index contributed by atoms with van der Waals surface area (Å²) in [5.41, 5.74) is 1.60. The average Bonchev–Trinajstić information content (AvgIpc) is 2.39. The van der Waals surface area contributed by atoms with Crippen LogP contribution in [0, 0.1) is 6.92 Å². The van der Waals surface area contributed by atoms with Crippen LogP contribution in [0.5, 0.6) is 0 Å². The molecule has 0 saturated carbocycles. The second-order valence-corrected chi connectivity index (χ2v) is 5.45. The molecule has 1 rings (SSSR count). The summed E-state index contributed by atoms with van der Waals surface area (Å²) in [6.45, 7) is 6.34. The lowest BCUT2D eigenvalue weighted by Crippen LogP contribution is -2.40. The van der Waals surface area contributed by atoms with Crippen LogP contribution in [-0.2, 0) is 9.59 Å². The van der Waals surface area contributed by atoms with E-state index in [4.69, 9.17) is 16.7 Å². The smallest absolute Gasteiger partial charge is 0.304 e. The molecule has 0 aliphatic heterocycles. The summed E-state index contributed by atoms with van der Waals surface area (Å²) in [4.78, 5) is 24.7. The number of hydrogen-bond donors (Lipinski definition) is 2. The van der Waals surface area contributed by atoms with Crippen LogP contribution in [0.15, 0.2) is 18.2 Å². The molecule has 0 radical (unpaired) electrons. The van der Waals surface area contributed by atoms with Gasteiger partial charge in [0.25, 0.3) is 0 Å². The number of carboxylic acids is 1. The Balaban J connectivity index is 2.66. The van der Waals surface area contributed by atoms with Gasteiger partial charge in [-0.1, -0.05) is 24.6 Å². The molecular formula is C15H21ClN2O3. The minimum absolute atomic E-state index is 0.0112. The molecule has 1 atom stereocenters. The van der Waals surface area contributed by atoms with E-state index in [-0.39, 0.29) is 24.9 Å². The molecule has 1 amide bonds. The van der Waals surface area contributed by atoms with Crippen molar-refractivity contribution in [3.05, 3.63) is 28.8 Å². The fourth-order valence-electron chi connectivity index (χ4n) is 2.06. The zero-order valence-corrected chi connectivity index (χ0v) is 13.3. The number of carbonyl (C=O) groups is 2. The van der Waals surface area contributed by atoms with E-state index in [2.05, 4.69) is 5.32 Å². The predicted molar refractivity (Wildman–Crippen MR) is 83.8 cm³/mol. The zero-order chi connectivity index (χ0) is 16.0. The van der Waals surface area contributed by atoms with E-state index in [0.29, 0.717) is 17.3 Å². The van der Waals surface area contributed by atoms with E-state index in [1.165, 1.54) is 0 Å². The molecule has 0 saturated heterocycles. The summed E-state index contributed by atoms with van der Waals surface area (Å²) in [6, 6.07) is 5.10. The molecule has 0 spiro atoms. The Morgan fingerprint density at radius 3 is 2.67 bits per heavy atom. The van der Waals surface area contributed by atoms with Crippen LogP contribution in [0.25, 0.3) is 0 Å². The molecule has 0 fully saturated rings. The van der Waals surface area contributed by atoms with Crippen LogP contribution in [0.3, 0.4) is 0 Å². The maximum absolute atomic E-state index is 12.1. The molecule has 5 nitrogen and oxygen atoms in total. The number of carboxylic acid groups (broad SMARTS) is 1. The summed E-state index contributed by atoms with van der Waals surface area (Å²) in [6.07, 6.45) is 0.0112. The first kappa shape index (κ1) is 17.5. The van der Waals surface area contributed by atoms with Crippen molar-refractivity contribution in [2.24, 2.45) is 0 Å².